The van der Waals surface area contributed by atoms with Crippen LogP contribution in [0.2, 0.25) is 0 Å². The Morgan fingerprint density at radius 3 is 2.32 bits per heavy atom. The van der Waals surface area contributed by atoms with Gasteiger partial charge in [-0.05, 0) is 18.1 Å². The molecule has 0 radical (unpaired) electrons. The summed E-state index contributed by atoms with van der Waals surface area (Å²) in [4.78, 5) is 0.323. The molecule has 1 aromatic carbocycles. The highest BCUT2D eigenvalue weighted by atomic mass is 35.5. The number of halogens is 1. The topological polar surface area (TPSA) is 46.2 Å². The van der Waals surface area contributed by atoms with Crippen molar-refractivity contribution in [2.45, 2.75) is 37.0 Å². The maximum absolute atomic E-state index is 11.7. The SMILES string of the molecule is CCC(CC)C(Cl)CNc1ccccc1S(C)(=O)=O. The van der Waals surface area contributed by atoms with E-state index in [1.54, 1.807) is 18.2 Å². The van der Waals surface area contributed by atoms with E-state index < -0.39 is 9.84 Å². The largest absolute Gasteiger partial charge is 0.382 e. The molecule has 0 saturated carbocycles. The second-order valence-corrected chi connectivity index (χ2v) is 7.29. The quantitative estimate of drug-likeness (QED) is 0.784. The fourth-order valence-electron chi connectivity index (χ4n) is 2.11. The monoisotopic (exact) mass is 303 g/mol. The molecule has 1 N–H and O–H groups in total. The minimum absolute atomic E-state index is 0.00242. The number of hydrogen-bond acceptors (Lipinski definition) is 3. The molecule has 19 heavy (non-hydrogen) atoms. The summed E-state index contributed by atoms with van der Waals surface area (Å²) in [6, 6.07) is 6.92. The molecule has 0 bridgehead atoms. The minimum atomic E-state index is -3.22. The molecule has 0 aliphatic heterocycles. The predicted molar refractivity (Wildman–Crippen MR) is 81.8 cm³/mol. The van der Waals surface area contributed by atoms with Crippen molar-refractivity contribution < 1.29 is 8.42 Å². The molecule has 0 aliphatic carbocycles. The van der Waals surface area contributed by atoms with Crippen LogP contribution < -0.4 is 5.32 Å². The van der Waals surface area contributed by atoms with Gasteiger partial charge in [0.2, 0.25) is 0 Å². The van der Waals surface area contributed by atoms with Gasteiger partial charge in [0.15, 0.2) is 9.84 Å². The van der Waals surface area contributed by atoms with Crippen molar-refractivity contribution >= 4 is 27.1 Å². The van der Waals surface area contributed by atoms with Gasteiger partial charge in [0.25, 0.3) is 0 Å². The lowest BCUT2D eigenvalue weighted by atomic mass is 9.99. The van der Waals surface area contributed by atoms with Crippen LogP contribution in [0.4, 0.5) is 5.69 Å². The second-order valence-electron chi connectivity index (χ2n) is 4.74. The van der Waals surface area contributed by atoms with Crippen LogP contribution in [0.15, 0.2) is 29.2 Å². The maximum Gasteiger partial charge on any atom is 0.177 e. The number of hydrogen-bond donors (Lipinski definition) is 1. The van der Waals surface area contributed by atoms with E-state index in [2.05, 4.69) is 19.2 Å². The van der Waals surface area contributed by atoms with Crippen molar-refractivity contribution in [1.29, 1.82) is 0 Å². The van der Waals surface area contributed by atoms with E-state index >= 15 is 0 Å². The zero-order valence-electron chi connectivity index (χ0n) is 11.7. The van der Waals surface area contributed by atoms with Gasteiger partial charge in [0.1, 0.15) is 0 Å². The van der Waals surface area contributed by atoms with Crippen molar-refractivity contribution in [2.75, 3.05) is 18.1 Å². The van der Waals surface area contributed by atoms with E-state index in [-0.39, 0.29) is 5.38 Å². The molecule has 0 heterocycles. The molecule has 5 heteroatoms. The van der Waals surface area contributed by atoms with Crippen LogP contribution in [-0.4, -0.2) is 26.6 Å². The molecule has 0 spiro atoms. The number of benzene rings is 1. The fourth-order valence-corrected chi connectivity index (χ4v) is 3.41. The Morgan fingerprint density at radius 1 is 1.21 bits per heavy atom. The smallest absolute Gasteiger partial charge is 0.177 e. The predicted octanol–water partition coefficient (Wildman–Crippen LogP) is 3.55. The standard InChI is InChI=1S/C14H22ClNO2S/c1-4-11(5-2)12(15)10-16-13-8-6-7-9-14(13)19(3,17)18/h6-9,11-12,16H,4-5,10H2,1-3H3. The van der Waals surface area contributed by atoms with Gasteiger partial charge < -0.3 is 5.32 Å². The third-order valence-corrected chi connectivity index (χ3v) is 5.00. The molecule has 3 nitrogen and oxygen atoms in total. The van der Waals surface area contributed by atoms with Crippen LogP contribution in [0.3, 0.4) is 0 Å². The Hall–Kier alpha value is -0.740. The first-order valence-electron chi connectivity index (χ1n) is 6.57. The highest BCUT2D eigenvalue weighted by Crippen LogP contribution is 2.23. The fraction of sp³-hybridized carbons (Fsp3) is 0.571. The molecular weight excluding hydrogens is 282 g/mol. The Kier molecular flexibility index (Phi) is 6.14. The van der Waals surface area contributed by atoms with Crippen LogP contribution in [-0.2, 0) is 9.84 Å². The van der Waals surface area contributed by atoms with Crippen molar-refractivity contribution in [3.8, 4) is 0 Å². The molecule has 1 rings (SSSR count). The molecule has 1 atom stereocenters. The van der Waals surface area contributed by atoms with E-state index in [4.69, 9.17) is 11.6 Å². The molecule has 0 fully saturated rings. The number of sulfone groups is 1. The van der Waals surface area contributed by atoms with Gasteiger partial charge in [-0.3, -0.25) is 0 Å². The Balaban J connectivity index is 2.79. The summed E-state index contributed by atoms with van der Waals surface area (Å²) in [6.07, 6.45) is 3.27. The van der Waals surface area contributed by atoms with Crippen LogP contribution >= 0.6 is 11.6 Å². The Bertz CT molecular complexity index is 498. The van der Waals surface area contributed by atoms with Crippen LogP contribution in [0.1, 0.15) is 26.7 Å². The average Bonchev–Trinajstić information content (AvgIpc) is 2.37. The van der Waals surface area contributed by atoms with Crippen molar-refractivity contribution in [3.05, 3.63) is 24.3 Å². The van der Waals surface area contributed by atoms with E-state index in [1.807, 2.05) is 6.07 Å². The summed E-state index contributed by atoms with van der Waals surface area (Å²) < 4.78 is 23.3. The van der Waals surface area contributed by atoms with Crippen LogP contribution in [0.25, 0.3) is 0 Å². The highest BCUT2D eigenvalue weighted by molar-refractivity contribution is 7.90. The van der Waals surface area contributed by atoms with Gasteiger partial charge in [-0.2, -0.15) is 0 Å². The number of alkyl halides is 1. The number of para-hydroxylation sites is 1. The summed E-state index contributed by atoms with van der Waals surface area (Å²) in [6.45, 7) is 4.81. The lowest BCUT2D eigenvalue weighted by Gasteiger charge is -2.20. The number of rotatable bonds is 7. The second kappa shape index (κ2) is 7.15. The van der Waals surface area contributed by atoms with Gasteiger partial charge in [0.05, 0.1) is 16.0 Å². The summed E-state index contributed by atoms with van der Waals surface area (Å²) in [5.41, 5.74) is 0.626. The Labute approximate surface area is 121 Å². The van der Waals surface area contributed by atoms with Crippen molar-refractivity contribution in [3.63, 3.8) is 0 Å². The molecule has 0 amide bonds. The van der Waals surface area contributed by atoms with Crippen LogP contribution in [0, 0.1) is 5.92 Å². The molecule has 108 valence electrons. The third-order valence-electron chi connectivity index (χ3n) is 3.33. The zero-order valence-corrected chi connectivity index (χ0v) is 13.3. The average molecular weight is 304 g/mol. The first kappa shape index (κ1) is 16.3. The van der Waals surface area contributed by atoms with E-state index in [1.165, 1.54) is 6.26 Å². The van der Waals surface area contributed by atoms with Crippen molar-refractivity contribution in [1.82, 2.24) is 0 Å². The van der Waals surface area contributed by atoms with E-state index in [9.17, 15) is 8.42 Å². The first-order valence-corrected chi connectivity index (χ1v) is 8.89. The number of anilines is 1. The summed E-state index contributed by atoms with van der Waals surface area (Å²) in [5, 5.41) is 3.16. The highest BCUT2D eigenvalue weighted by Gasteiger charge is 2.17. The molecule has 1 unspecified atom stereocenters. The molecular formula is C14H22ClNO2S. The van der Waals surface area contributed by atoms with Gasteiger partial charge in [0, 0.05) is 12.8 Å². The zero-order chi connectivity index (χ0) is 14.5. The summed E-state index contributed by atoms with van der Waals surface area (Å²) in [5.74, 6) is 0.444. The maximum atomic E-state index is 11.7. The van der Waals surface area contributed by atoms with E-state index in [0.29, 0.717) is 23.0 Å². The molecule has 0 aliphatic rings. The minimum Gasteiger partial charge on any atom is -0.382 e. The lowest BCUT2D eigenvalue weighted by Crippen LogP contribution is -2.23. The Morgan fingerprint density at radius 2 is 1.79 bits per heavy atom. The number of nitrogens with one attached hydrogen (secondary N) is 1. The normalized spacial score (nSPS) is 13.5. The van der Waals surface area contributed by atoms with Gasteiger partial charge >= 0.3 is 0 Å². The van der Waals surface area contributed by atoms with Crippen LogP contribution in [0.5, 0.6) is 0 Å². The summed E-state index contributed by atoms with van der Waals surface area (Å²) >= 11 is 6.35. The molecule has 1 aromatic rings. The van der Waals surface area contributed by atoms with Gasteiger partial charge in [-0.1, -0.05) is 38.8 Å². The third kappa shape index (κ3) is 4.69. The first-order chi connectivity index (χ1) is 8.90. The summed E-state index contributed by atoms with van der Waals surface area (Å²) in [7, 11) is -3.22. The van der Waals surface area contributed by atoms with E-state index in [0.717, 1.165) is 12.8 Å². The van der Waals surface area contributed by atoms with Crippen molar-refractivity contribution in [2.24, 2.45) is 5.92 Å². The lowest BCUT2D eigenvalue weighted by molar-refractivity contribution is 0.475. The van der Waals surface area contributed by atoms with Gasteiger partial charge in [-0.15, -0.1) is 11.6 Å². The van der Waals surface area contributed by atoms with Gasteiger partial charge in [-0.25, -0.2) is 8.42 Å². The molecule has 0 aromatic heterocycles. The molecule has 0 saturated heterocycles.